The summed E-state index contributed by atoms with van der Waals surface area (Å²) in [6.07, 6.45) is 2.80. The standard InChI is InChI=1S/C17H17N3O3/c1-2-3-4-10-19-16(9-8-14(12-18)17(19)21)13-6-5-7-15(11-13)20(22)23/h5-9,11H,2-4,10H2,1H3. The first kappa shape index (κ1) is 16.4. The molecule has 1 aromatic carbocycles. The number of nitro benzene ring substituents is 1. The van der Waals surface area contributed by atoms with Crippen LogP contribution < -0.4 is 5.56 Å². The Bertz CT molecular complexity index is 819. The molecule has 23 heavy (non-hydrogen) atoms. The number of hydrogen-bond acceptors (Lipinski definition) is 4. The van der Waals surface area contributed by atoms with Gasteiger partial charge >= 0.3 is 0 Å². The fraction of sp³-hybridized carbons (Fsp3) is 0.294. The number of aromatic nitrogens is 1. The van der Waals surface area contributed by atoms with Crippen LogP contribution in [0, 0.1) is 21.4 Å². The van der Waals surface area contributed by atoms with E-state index in [-0.39, 0.29) is 16.8 Å². The van der Waals surface area contributed by atoms with Crippen molar-refractivity contribution in [2.45, 2.75) is 32.7 Å². The Balaban J connectivity index is 2.55. The van der Waals surface area contributed by atoms with Gasteiger partial charge in [-0.15, -0.1) is 0 Å². The molecule has 0 amide bonds. The van der Waals surface area contributed by atoms with E-state index in [1.165, 1.54) is 22.8 Å². The van der Waals surface area contributed by atoms with Crippen LogP contribution in [0.3, 0.4) is 0 Å². The quantitative estimate of drug-likeness (QED) is 0.464. The van der Waals surface area contributed by atoms with Gasteiger partial charge in [-0.1, -0.05) is 31.9 Å². The molecule has 0 aliphatic rings. The van der Waals surface area contributed by atoms with Crippen LogP contribution in [-0.2, 0) is 6.54 Å². The van der Waals surface area contributed by atoms with Crippen LogP contribution in [0.5, 0.6) is 0 Å². The third-order valence-electron chi connectivity index (χ3n) is 3.63. The summed E-state index contributed by atoms with van der Waals surface area (Å²) in [5, 5.41) is 20.0. The average molecular weight is 311 g/mol. The molecule has 0 saturated carbocycles. The molecular formula is C17H17N3O3. The normalized spacial score (nSPS) is 10.3. The number of nitrogens with zero attached hydrogens (tertiary/aromatic N) is 3. The summed E-state index contributed by atoms with van der Waals surface area (Å²) in [6, 6.07) is 11.2. The average Bonchev–Trinajstić information content (AvgIpc) is 2.56. The van der Waals surface area contributed by atoms with E-state index in [1.54, 1.807) is 18.2 Å². The minimum Gasteiger partial charge on any atom is -0.307 e. The van der Waals surface area contributed by atoms with Crippen LogP contribution in [0.15, 0.2) is 41.2 Å². The first-order valence-electron chi connectivity index (χ1n) is 7.47. The molecule has 0 aliphatic heterocycles. The maximum atomic E-state index is 12.4. The number of hydrogen-bond donors (Lipinski definition) is 0. The van der Waals surface area contributed by atoms with E-state index < -0.39 is 4.92 Å². The van der Waals surface area contributed by atoms with Gasteiger partial charge in [0.2, 0.25) is 0 Å². The molecule has 0 atom stereocenters. The van der Waals surface area contributed by atoms with Crippen LogP contribution in [0.25, 0.3) is 11.3 Å². The molecule has 0 fully saturated rings. The van der Waals surface area contributed by atoms with Gasteiger partial charge in [0.05, 0.1) is 10.6 Å². The fourth-order valence-electron chi connectivity index (χ4n) is 2.44. The number of pyridine rings is 1. The molecule has 0 aliphatic carbocycles. The highest BCUT2D eigenvalue weighted by atomic mass is 16.6. The molecule has 6 heteroatoms. The van der Waals surface area contributed by atoms with Gasteiger partial charge in [0, 0.05) is 24.2 Å². The monoisotopic (exact) mass is 311 g/mol. The summed E-state index contributed by atoms with van der Waals surface area (Å²) >= 11 is 0. The number of rotatable bonds is 6. The second kappa shape index (κ2) is 7.36. The minimum absolute atomic E-state index is 0.0283. The van der Waals surface area contributed by atoms with E-state index in [9.17, 15) is 14.9 Å². The first-order valence-corrected chi connectivity index (χ1v) is 7.47. The van der Waals surface area contributed by atoms with E-state index in [4.69, 9.17) is 5.26 Å². The van der Waals surface area contributed by atoms with E-state index in [2.05, 4.69) is 6.92 Å². The zero-order valence-corrected chi connectivity index (χ0v) is 12.9. The van der Waals surface area contributed by atoms with E-state index >= 15 is 0 Å². The van der Waals surface area contributed by atoms with Crippen molar-refractivity contribution in [1.82, 2.24) is 4.57 Å². The number of benzene rings is 1. The molecule has 0 N–H and O–H groups in total. The Morgan fingerprint density at radius 1 is 1.26 bits per heavy atom. The third-order valence-corrected chi connectivity index (χ3v) is 3.63. The Labute approximate surface area is 133 Å². The van der Waals surface area contributed by atoms with Gasteiger partial charge in [0.15, 0.2) is 0 Å². The van der Waals surface area contributed by atoms with Crippen molar-refractivity contribution in [2.75, 3.05) is 0 Å². The van der Waals surface area contributed by atoms with Crippen molar-refractivity contribution in [3.8, 4) is 17.3 Å². The van der Waals surface area contributed by atoms with Crippen molar-refractivity contribution in [1.29, 1.82) is 5.26 Å². The first-order chi connectivity index (χ1) is 11.1. The smallest absolute Gasteiger partial charge is 0.270 e. The fourth-order valence-corrected chi connectivity index (χ4v) is 2.44. The second-order valence-corrected chi connectivity index (χ2v) is 5.22. The van der Waals surface area contributed by atoms with Crippen molar-refractivity contribution in [3.63, 3.8) is 0 Å². The highest BCUT2D eigenvalue weighted by Crippen LogP contribution is 2.23. The van der Waals surface area contributed by atoms with Crippen LogP contribution in [0.2, 0.25) is 0 Å². The summed E-state index contributed by atoms with van der Waals surface area (Å²) in [6.45, 7) is 2.55. The van der Waals surface area contributed by atoms with Gasteiger partial charge < -0.3 is 4.57 Å². The van der Waals surface area contributed by atoms with Crippen molar-refractivity contribution in [2.24, 2.45) is 0 Å². The summed E-state index contributed by atoms with van der Waals surface area (Å²) in [7, 11) is 0. The van der Waals surface area contributed by atoms with Gasteiger partial charge in [-0.25, -0.2) is 0 Å². The molecule has 1 aromatic heterocycles. The summed E-state index contributed by atoms with van der Waals surface area (Å²) < 4.78 is 1.53. The van der Waals surface area contributed by atoms with Gasteiger partial charge in [0.1, 0.15) is 11.6 Å². The predicted molar refractivity (Wildman–Crippen MR) is 87.0 cm³/mol. The molecule has 6 nitrogen and oxygen atoms in total. The Kier molecular flexibility index (Phi) is 5.26. The maximum absolute atomic E-state index is 12.4. The van der Waals surface area contributed by atoms with Crippen LogP contribution in [0.4, 0.5) is 5.69 Å². The van der Waals surface area contributed by atoms with Gasteiger partial charge in [-0.05, 0) is 18.6 Å². The molecule has 0 saturated heterocycles. The van der Waals surface area contributed by atoms with Crippen LogP contribution in [-0.4, -0.2) is 9.49 Å². The van der Waals surface area contributed by atoms with Gasteiger partial charge in [-0.2, -0.15) is 5.26 Å². The van der Waals surface area contributed by atoms with Crippen molar-refractivity contribution in [3.05, 3.63) is 62.4 Å². The van der Waals surface area contributed by atoms with E-state index in [0.717, 1.165) is 19.3 Å². The molecule has 0 radical (unpaired) electrons. The number of nitro groups is 1. The van der Waals surface area contributed by atoms with Gasteiger partial charge in [0.25, 0.3) is 11.2 Å². The van der Waals surface area contributed by atoms with E-state index in [1.807, 2.05) is 6.07 Å². The van der Waals surface area contributed by atoms with Crippen LogP contribution in [0.1, 0.15) is 31.7 Å². The molecular weight excluding hydrogens is 294 g/mol. The highest BCUT2D eigenvalue weighted by molar-refractivity contribution is 5.63. The minimum atomic E-state index is -0.466. The largest absolute Gasteiger partial charge is 0.307 e. The highest BCUT2D eigenvalue weighted by Gasteiger charge is 2.13. The predicted octanol–water partition coefficient (Wildman–Crippen LogP) is 3.49. The lowest BCUT2D eigenvalue weighted by molar-refractivity contribution is -0.384. The van der Waals surface area contributed by atoms with Crippen molar-refractivity contribution >= 4 is 5.69 Å². The zero-order valence-electron chi connectivity index (χ0n) is 12.9. The molecule has 1 heterocycles. The van der Waals surface area contributed by atoms with Gasteiger partial charge in [-0.3, -0.25) is 14.9 Å². The third kappa shape index (κ3) is 3.64. The topological polar surface area (TPSA) is 88.9 Å². The molecule has 0 spiro atoms. The van der Waals surface area contributed by atoms with Crippen LogP contribution >= 0.6 is 0 Å². The molecule has 2 aromatic rings. The summed E-state index contributed by atoms with van der Waals surface area (Å²) in [5.41, 5.74) is 0.883. The second-order valence-electron chi connectivity index (χ2n) is 5.22. The van der Waals surface area contributed by atoms with Crippen molar-refractivity contribution < 1.29 is 4.92 Å². The lowest BCUT2D eigenvalue weighted by atomic mass is 10.1. The lowest BCUT2D eigenvalue weighted by Crippen LogP contribution is -2.24. The number of non-ortho nitro benzene ring substituents is 1. The molecule has 0 unspecified atom stereocenters. The van der Waals surface area contributed by atoms with E-state index in [0.29, 0.717) is 17.8 Å². The SMILES string of the molecule is CCCCCn1c(-c2cccc([N+](=O)[O-])c2)ccc(C#N)c1=O. The number of nitriles is 1. The lowest BCUT2D eigenvalue weighted by Gasteiger charge is -2.13. The summed E-state index contributed by atoms with van der Waals surface area (Å²) in [5.74, 6) is 0. The molecule has 0 bridgehead atoms. The Morgan fingerprint density at radius 3 is 2.70 bits per heavy atom. The number of unbranched alkanes of at least 4 members (excludes halogenated alkanes) is 2. The molecule has 118 valence electrons. The summed E-state index contributed by atoms with van der Waals surface area (Å²) in [4.78, 5) is 22.9. The Hall–Kier alpha value is -2.94. The zero-order chi connectivity index (χ0) is 16.8. The maximum Gasteiger partial charge on any atom is 0.270 e. The molecule has 2 rings (SSSR count). The Morgan fingerprint density at radius 2 is 2.04 bits per heavy atom.